The standard InChI is InChI=1S/C21H20ClN3O5/c1-12-16(9-23)19(26)25(11-14-4-3-7-30-14)20(27)17(12)10-24-18-8-13(22)5-6-15(18)21(28)29-2/h5-6,8,10,14,27H,3-4,7,11H2,1-2H3/t14-/m0/s1. The number of halogens is 1. The maximum Gasteiger partial charge on any atom is 0.340 e. The molecule has 0 aliphatic carbocycles. The van der Waals surface area contributed by atoms with Gasteiger partial charge in [0.15, 0.2) is 0 Å². The van der Waals surface area contributed by atoms with Crippen LogP contribution in [0.5, 0.6) is 5.88 Å². The third kappa shape index (κ3) is 4.22. The van der Waals surface area contributed by atoms with Crippen LogP contribution in [-0.2, 0) is 16.0 Å². The fraction of sp³-hybridized carbons (Fsp3) is 0.333. The van der Waals surface area contributed by atoms with Crippen molar-refractivity contribution in [1.82, 2.24) is 4.57 Å². The van der Waals surface area contributed by atoms with E-state index in [1.165, 1.54) is 31.5 Å². The van der Waals surface area contributed by atoms with Gasteiger partial charge in [0.05, 0.1) is 36.6 Å². The van der Waals surface area contributed by atoms with E-state index < -0.39 is 11.5 Å². The van der Waals surface area contributed by atoms with Crippen molar-refractivity contribution in [2.45, 2.75) is 32.4 Å². The van der Waals surface area contributed by atoms with Gasteiger partial charge in [0.2, 0.25) is 5.88 Å². The Morgan fingerprint density at radius 3 is 2.93 bits per heavy atom. The minimum absolute atomic E-state index is 0.0912. The average molecular weight is 430 g/mol. The first-order valence-electron chi connectivity index (χ1n) is 9.27. The minimum atomic E-state index is -0.596. The highest BCUT2D eigenvalue weighted by Crippen LogP contribution is 2.27. The Bertz CT molecular complexity index is 1110. The van der Waals surface area contributed by atoms with Gasteiger partial charge in [-0.1, -0.05) is 11.6 Å². The van der Waals surface area contributed by atoms with Crippen molar-refractivity contribution in [2.24, 2.45) is 4.99 Å². The summed E-state index contributed by atoms with van der Waals surface area (Å²) in [4.78, 5) is 29.0. The molecule has 3 rings (SSSR count). The molecular weight excluding hydrogens is 410 g/mol. The van der Waals surface area contributed by atoms with E-state index in [1.807, 2.05) is 6.07 Å². The van der Waals surface area contributed by atoms with E-state index in [4.69, 9.17) is 21.1 Å². The zero-order chi connectivity index (χ0) is 21.8. The normalized spacial score (nSPS) is 16.0. The van der Waals surface area contributed by atoms with Gasteiger partial charge >= 0.3 is 5.97 Å². The smallest absolute Gasteiger partial charge is 0.340 e. The first-order chi connectivity index (χ1) is 14.4. The van der Waals surface area contributed by atoms with Gasteiger partial charge in [-0.15, -0.1) is 0 Å². The molecule has 1 aliphatic heterocycles. The lowest BCUT2D eigenvalue weighted by Gasteiger charge is -2.17. The van der Waals surface area contributed by atoms with Gasteiger partial charge in [-0.25, -0.2) is 4.79 Å². The van der Waals surface area contributed by atoms with E-state index >= 15 is 0 Å². The summed E-state index contributed by atoms with van der Waals surface area (Å²) in [6, 6.07) is 6.39. The quantitative estimate of drug-likeness (QED) is 0.577. The maximum atomic E-state index is 12.7. The molecule has 1 atom stereocenters. The average Bonchev–Trinajstić information content (AvgIpc) is 3.24. The maximum absolute atomic E-state index is 12.7. The van der Waals surface area contributed by atoms with Crippen LogP contribution in [-0.4, -0.2) is 41.7 Å². The highest BCUT2D eigenvalue weighted by Gasteiger charge is 2.23. The number of nitrogens with zero attached hydrogens (tertiary/aromatic N) is 3. The van der Waals surface area contributed by atoms with Crippen LogP contribution < -0.4 is 5.56 Å². The highest BCUT2D eigenvalue weighted by molar-refractivity contribution is 6.31. The van der Waals surface area contributed by atoms with Gasteiger partial charge in [-0.2, -0.15) is 5.26 Å². The van der Waals surface area contributed by atoms with Gasteiger partial charge in [0, 0.05) is 17.8 Å². The van der Waals surface area contributed by atoms with E-state index in [2.05, 4.69) is 4.99 Å². The minimum Gasteiger partial charge on any atom is -0.494 e. The molecule has 0 amide bonds. The number of aliphatic imine (C=N–C) groups is 1. The highest BCUT2D eigenvalue weighted by atomic mass is 35.5. The van der Waals surface area contributed by atoms with Crippen molar-refractivity contribution in [2.75, 3.05) is 13.7 Å². The van der Waals surface area contributed by atoms with Gasteiger partial charge in [-0.3, -0.25) is 14.4 Å². The Hall–Kier alpha value is -3.15. The van der Waals surface area contributed by atoms with Crippen molar-refractivity contribution in [3.8, 4) is 11.9 Å². The lowest BCUT2D eigenvalue weighted by molar-refractivity contribution is 0.0601. The molecule has 0 radical (unpaired) electrons. The second-order valence-corrected chi connectivity index (χ2v) is 7.25. The molecular formula is C21H20ClN3O5. The lowest BCUT2D eigenvalue weighted by Crippen LogP contribution is -2.29. The number of esters is 1. The number of benzene rings is 1. The largest absolute Gasteiger partial charge is 0.494 e. The van der Waals surface area contributed by atoms with Crippen LogP contribution in [0.2, 0.25) is 5.02 Å². The number of aromatic nitrogens is 1. The molecule has 0 saturated carbocycles. The zero-order valence-corrected chi connectivity index (χ0v) is 17.3. The van der Waals surface area contributed by atoms with Crippen molar-refractivity contribution < 1.29 is 19.4 Å². The molecule has 0 unspecified atom stereocenters. The molecule has 1 N–H and O–H groups in total. The summed E-state index contributed by atoms with van der Waals surface area (Å²) in [5, 5.41) is 20.6. The lowest BCUT2D eigenvalue weighted by atomic mass is 10.1. The summed E-state index contributed by atoms with van der Waals surface area (Å²) in [6.07, 6.45) is 2.72. The SMILES string of the molecule is COC(=O)c1ccc(Cl)cc1N=Cc1c(C)c(C#N)c(=O)n(C[C@@H]2CCCO2)c1O. The molecule has 30 heavy (non-hydrogen) atoms. The second kappa shape index (κ2) is 9.11. The molecule has 9 heteroatoms. The predicted octanol–water partition coefficient (Wildman–Crippen LogP) is 3.10. The Balaban J connectivity index is 2.10. The van der Waals surface area contributed by atoms with Crippen LogP contribution >= 0.6 is 11.6 Å². The molecule has 156 valence electrons. The molecule has 8 nitrogen and oxygen atoms in total. The Morgan fingerprint density at radius 1 is 1.53 bits per heavy atom. The number of aromatic hydroxyl groups is 1. The van der Waals surface area contributed by atoms with Crippen molar-refractivity contribution in [3.05, 3.63) is 55.8 Å². The first-order valence-corrected chi connectivity index (χ1v) is 9.65. The molecule has 1 saturated heterocycles. The van der Waals surface area contributed by atoms with Crippen molar-refractivity contribution in [1.29, 1.82) is 5.26 Å². The van der Waals surface area contributed by atoms with Crippen LogP contribution in [0.25, 0.3) is 0 Å². The van der Waals surface area contributed by atoms with Crippen LogP contribution in [0, 0.1) is 18.3 Å². The molecule has 1 aromatic heterocycles. The molecule has 0 spiro atoms. The molecule has 1 fully saturated rings. The van der Waals surface area contributed by atoms with E-state index in [1.54, 1.807) is 6.92 Å². The molecule has 1 aromatic carbocycles. The predicted molar refractivity (Wildman–Crippen MR) is 111 cm³/mol. The third-order valence-electron chi connectivity index (χ3n) is 4.95. The van der Waals surface area contributed by atoms with Crippen LogP contribution in [0.4, 0.5) is 5.69 Å². The second-order valence-electron chi connectivity index (χ2n) is 6.81. The summed E-state index contributed by atoms with van der Waals surface area (Å²) in [7, 11) is 1.25. The van der Waals surface area contributed by atoms with Crippen LogP contribution in [0.1, 0.15) is 39.9 Å². The zero-order valence-electron chi connectivity index (χ0n) is 16.5. The Morgan fingerprint density at radius 2 is 2.30 bits per heavy atom. The van der Waals surface area contributed by atoms with Crippen molar-refractivity contribution in [3.63, 3.8) is 0 Å². The van der Waals surface area contributed by atoms with Gasteiger partial charge in [-0.05, 0) is 43.5 Å². The van der Waals surface area contributed by atoms with Crippen molar-refractivity contribution >= 4 is 29.5 Å². The van der Waals surface area contributed by atoms with Gasteiger partial charge in [0.1, 0.15) is 11.6 Å². The van der Waals surface area contributed by atoms with Crippen LogP contribution in [0.15, 0.2) is 28.0 Å². The number of hydrogen-bond donors (Lipinski definition) is 1. The summed E-state index contributed by atoms with van der Waals surface area (Å²) in [6.45, 7) is 2.28. The number of hydrogen-bond acceptors (Lipinski definition) is 7. The number of ether oxygens (including phenoxy) is 2. The molecule has 0 bridgehead atoms. The summed E-state index contributed by atoms with van der Waals surface area (Å²) >= 11 is 6.02. The number of carbonyl (C=O) groups is 1. The molecule has 1 aliphatic rings. The summed E-state index contributed by atoms with van der Waals surface area (Å²) in [5.74, 6) is -0.918. The van der Waals surface area contributed by atoms with E-state index in [9.17, 15) is 20.0 Å². The van der Waals surface area contributed by atoms with E-state index in [0.717, 1.165) is 17.4 Å². The fourth-order valence-corrected chi connectivity index (χ4v) is 3.48. The number of rotatable bonds is 5. The number of pyridine rings is 1. The number of methoxy groups -OCH3 is 1. The number of carbonyl (C=O) groups excluding carboxylic acids is 1. The van der Waals surface area contributed by atoms with Crippen LogP contribution in [0.3, 0.4) is 0 Å². The third-order valence-corrected chi connectivity index (χ3v) is 5.19. The van der Waals surface area contributed by atoms with E-state index in [-0.39, 0.29) is 46.5 Å². The first kappa shape index (κ1) is 21.6. The fourth-order valence-electron chi connectivity index (χ4n) is 3.32. The monoisotopic (exact) mass is 429 g/mol. The summed E-state index contributed by atoms with van der Waals surface area (Å²) < 4.78 is 11.4. The number of nitriles is 1. The van der Waals surface area contributed by atoms with Gasteiger partial charge in [0.25, 0.3) is 5.56 Å². The Labute approximate surface area is 177 Å². The molecule has 2 aromatic rings. The topological polar surface area (TPSA) is 114 Å². The molecule has 2 heterocycles. The summed E-state index contributed by atoms with van der Waals surface area (Å²) in [5.41, 5.74) is 0.214. The van der Waals surface area contributed by atoms with E-state index in [0.29, 0.717) is 11.6 Å². The Kier molecular flexibility index (Phi) is 6.55. The van der Waals surface area contributed by atoms with Gasteiger partial charge < -0.3 is 14.6 Å².